The summed E-state index contributed by atoms with van der Waals surface area (Å²) in [7, 11) is 0. The number of carbonyl (C=O) groups excluding carboxylic acids is 1. The van der Waals surface area contributed by atoms with E-state index in [-0.39, 0.29) is 17.6 Å². The monoisotopic (exact) mass is 267 g/mol. The predicted molar refractivity (Wildman–Crippen MR) is 73.0 cm³/mol. The molecule has 5 nitrogen and oxygen atoms in total. The second kappa shape index (κ2) is 5.38. The number of amides is 1. The van der Waals surface area contributed by atoms with Gasteiger partial charge < -0.3 is 15.4 Å². The van der Waals surface area contributed by atoms with E-state index < -0.39 is 0 Å². The Morgan fingerprint density at radius 1 is 1.53 bits per heavy atom. The lowest BCUT2D eigenvalue weighted by Crippen LogP contribution is -2.55. The fraction of sp³-hybridized carbons (Fsp3) is 0.929. The zero-order valence-electron chi connectivity index (χ0n) is 11.8. The van der Waals surface area contributed by atoms with Crippen LogP contribution < -0.4 is 10.6 Å². The summed E-state index contributed by atoms with van der Waals surface area (Å²) in [6, 6.07) is 0.626. The second-order valence-electron chi connectivity index (χ2n) is 6.32. The molecule has 5 heteroatoms. The number of nitrogens with one attached hydrogen (secondary N) is 2. The highest BCUT2D eigenvalue weighted by atomic mass is 16.5. The van der Waals surface area contributed by atoms with Crippen LogP contribution in [-0.2, 0) is 9.53 Å². The second-order valence-corrected chi connectivity index (χ2v) is 6.32. The first kappa shape index (κ1) is 13.3. The molecule has 3 saturated heterocycles. The highest BCUT2D eigenvalue weighted by Crippen LogP contribution is 2.22. The van der Waals surface area contributed by atoms with E-state index in [2.05, 4.69) is 15.5 Å². The van der Waals surface area contributed by atoms with Crippen LogP contribution in [0.1, 0.15) is 32.6 Å². The van der Waals surface area contributed by atoms with E-state index in [1.165, 1.54) is 19.4 Å². The van der Waals surface area contributed by atoms with E-state index in [0.29, 0.717) is 12.6 Å². The summed E-state index contributed by atoms with van der Waals surface area (Å²) in [5.74, 6) is 0.122. The lowest BCUT2D eigenvalue weighted by Gasteiger charge is -2.35. The molecule has 3 aliphatic rings. The van der Waals surface area contributed by atoms with Gasteiger partial charge in [-0.3, -0.25) is 9.69 Å². The highest BCUT2D eigenvalue weighted by molar-refractivity contribution is 5.86. The SMILES string of the molecule is CC1(C(=O)NCC2CN3CCCC3CO2)CCCN1. The average molecular weight is 267 g/mol. The molecule has 108 valence electrons. The molecule has 0 aliphatic carbocycles. The van der Waals surface area contributed by atoms with Gasteiger partial charge in [-0.15, -0.1) is 0 Å². The van der Waals surface area contributed by atoms with Gasteiger partial charge in [-0.25, -0.2) is 0 Å². The van der Waals surface area contributed by atoms with Crippen molar-refractivity contribution in [2.75, 3.05) is 32.8 Å². The summed E-state index contributed by atoms with van der Waals surface area (Å²) >= 11 is 0. The van der Waals surface area contributed by atoms with Crippen molar-refractivity contribution in [3.05, 3.63) is 0 Å². The first-order valence-corrected chi connectivity index (χ1v) is 7.56. The van der Waals surface area contributed by atoms with Gasteiger partial charge in [0.25, 0.3) is 0 Å². The molecule has 0 aromatic rings. The highest BCUT2D eigenvalue weighted by Gasteiger charge is 2.37. The van der Waals surface area contributed by atoms with Crippen LogP contribution in [0.3, 0.4) is 0 Å². The molecular formula is C14H25N3O2. The van der Waals surface area contributed by atoms with Gasteiger partial charge in [0.15, 0.2) is 0 Å². The molecule has 0 spiro atoms. The van der Waals surface area contributed by atoms with Crippen molar-refractivity contribution in [2.24, 2.45) is 0 Å². The molecule has 0 aromatic carbocycles. The van der Waals surface area contributed by atoms with Gasteiger partial charge in [0, 0.05) is 19.1 Å². The van der Waals surface area contributed by atoms with Crippen LogP contribution in [0.15, 0.2) is 0 Å². The normalized spacial score (nSPS) is 39.2. The van der Waals surface area contributed by atoms with Crippen molar-refractivity contribution in [1.29, 1.82) is 0 Å². The Hall–Kier alpha value is -0.650. The van der Waals surface area contributed by atoms with Crippen LogP contribution in [0.2, 0.25) is 0 Å². The summed E-state index contributed by atoms with van der Waals surface area (Å²) in [4.78, 5) is 14.7. The van der Waals surface area contributed by atoms with Gasteiger partial charge in [0.1, 0.15) is 0 Å². The van der Waals surface area contributed by atoms with E-state index >= 15 is 0 Å². The number of nitrogens with zero attached hydrogens (tertiary/aromatic N) is 1. The number of hydrogen-bond donors (Lipinski definition) is 2. The summed E-state index contributed by atoms with van der Waals surface area (Å²) < 4.78 is 5.86. The predicted octanol–water partition coefficient (Wildman–Crippen LogP) is 0.108. The number of ether oxygens (including phenoxy) is 1. The molecule has 3 atom stereocenters. The first-order valence-electron chi connectivity index (χ1n) is 7.56. The Balaban J connectivity index is 1.46. The van der Waals surface area contributed by atoms with E-state index in [1.54, 1.807) is 0 Å². The van der Waals surface area contributed by atoms with Crippen molar-refractivity contribution in [3.63, 3.8) is 0 Å². The van der Waals surface area contributed by atoms with Gasteiger partial charge in [0.05, 0.1) is 18.2 Å². The molecule has 0 saturated carbocycles. The Kier molecular flexibility index (Phi) is 3.78. The lowest BCUT2D eigenvalue weighted by molar-refractivity contribution is -0.127. The quantitative estimate of drug-likeness (QED) is 0.762. The summed E-state index contributed by atoms with van der Waals surface area (Å²) in [5.41, 5.74) is -0.370. The fourth-order valence-electron chi connectivity index (χ4n) is 3.50. The molecule has 1 amide bonds. The Morgan fingerprint density at radius 3 is 3.21 bits per heavy atom. The third-order valence-electron chi connectivity index (χ3n) is 4.82. The molecule has 3 aliphatic heterocycles. The van der Waals surface area contributed by atoms with Gasteiger partial charge >= 0.3 is 0 Å². The zero-order chi connectivity index (χ0) is 13.3. The molecule has 0 aromatic heterocycles. The third-order valence-corrected chi connectivity index (χ3v) is 4.82. The number of hydrogen-bond acceptors (Lipinski definition) is 4. The fourth-order valence-corrected chi connectivity index (χ4v) is 3.50. The number of rotatable bonds is 3. The van der Waals surface area contributed by atoms with Crippen molar-refractivity contribution in [2.45, 2.75) is 50.3 Å². The average Bonchev–Trinajstić information content (AvgIpc) is 3.04. The topological polar surface area (TPSA) is 53.6 Å². The number of morpholine rings is 1. The van der Waals surface area contributed by atoms with Crippen LogP contribution in [0.5, 0.6) is 0 Å². The van der Waals surface area contributed by atoms with Gasteiger partial charge in [-0.05, 0) is 45.7 Å². The minimum atomic E-state index is -0.370. The maximum atomic E-state index is 12.2. The van der Waals surface area contributed by atoms with E-state index in [0.717, 1.165) is 32.5 Å². The van der Waals surface area contributed by atoms with Crippen molar-refractivity contribution < 1.29 is 9.53 Å². The van der Waals surface area contributed by atoms with Crippen LogP contribution in [0, 0.1) is 0 Å². The van der Waals surface area contributed by atoms with Crippen LogP contribution in [0.25, 0.3) is 0 Å². The molecule has 19 heavy (non-hydrogen) atoms. The third kappa shape index (κ3) is 2.78. The van der Waals surface area contributed by atoms with Crippen LogP contribution >= 0.6 is 0 Å². The smallest absolute Gasteiger partial charge is 0.240 e. The molecule has 3 heterocycles. The van der Waals surface area contributed by atoms with Gasteiger partial charge in [-0.2, -0.15) is 0 Å². The number of carbonyl (C=O) groups is 1. The maximum Gasteiger partial charge on any atom is 0.240 e. The molecule has 3 fully saturated rings. The van der Waals surface area contributed by atoms with E-state index in [9.17, 15) is 4.79 Å². The Labute approximate surface area is 115 Å². The minimum absolute atomic E-state index is 0.122. The summed E-state index contributed by atoms with van der Waals surface area (Å²) in [5, 5.41) is 6.36. The maximum absolute atomic E-state index is 12.2. The van der Waals surface area contributed by atoms with Crippen molar-refractivity contribution >= 4 is 5.91 Å². The molecule has 0 bridgehead atoms. The molecule has 0 radical (unpaired) electrons. The van der Waals surface area contributed by atoms with Crippen molar-refractivity contribution in [1.82, 2.24) is 15.5 Å². The Bertz CT molecular complexity index is 342. The molecule has 2 N–H and O–H groups in total. The molecule has 3 unspecified atom stereocenters. The number of fused-ring (bicyclic) bond motifs is 1. The minimum Gasteiger partial charge on any atom is -0.373 e. The first-order chi connectivity index (χ1) is 9.17. The van der Waals surface area contributed by atoms with Crippen LogP contribution in [0.4, 0.5) is 0 Å². The standard InChI is InChI=1S/C14H25N3O2/c1-14(5-3-6-16-14)13(18)15-8-12-9-17-7-2-4-11(17)10-19-12/h11-12,16H,2-10H2,1H3,(H,15,18). The van der Waals surface area contributed by atoms with E-state index in [4.69, 9.17) is 4.74 Å². The summed E-state index contributed by atoms with van der Waals surface area (Å²) in [6.45, 7) is 6.56. The van der Waals surface area contributed by atoms with E-state index in [1.807, 2.05) is 6.92 Å². The van der Waals surface area contributed by atoms with Gasteiger partial charge in [0.2, 0.25) is 5.91 Å². The lowest BCUT2D eigenvalue weighted by atomic mass is 9.99. The van der Waals surface area contributed by atoms with Crippen molar-refractivity contribution in [3.8, 4) is 0 Å². The van der Waals surface area contributed by atoms with Crippen LogP contribution in [-0.4, -0.2) is 61.3 Å². The molecular weight excluding hydrogens is 242 g/mol. The Morgan fingerprint density at radius 2 is 2.42 bits per heavy atom. The molecule has 3 rings (SSSR count). The largest absolute Gasteiger partial charge is 0.373 e. The van der Waals surface area contributed by atoms with Gasteiger partial charge in [-0.1, -0.05) is 0 Å². The summed E-state index contributed by atoms with van der Waals surface area (Å²) in [6.07, 6.45) is 4.72. The zero-order valence-corrected chi connectivity index (χ0v) is 11.8.